The van der Waals surface area contributed by atoms with Crippen molar-refractivity contribution in [1.29, 1.82) is 0 Å². The number of rotatable bonds is 5. The lowest BCUT2D eigenvalue weighted by Crippen LogP contribution is -2.52. The largest absolute Gasteiger partial charge is 0.341 e. The third kappa shape index (κ3) is 4.87. The Morgan fingerprint density at radius 3 is 2.55 bits per heavy atom. The number of aromatic nitrogens is 4. The fourth-order valence-corrected chi connectivity index (χ4v) is 4.25. The molecule has 1 fully saturated rings. The highest BCUT2D eigenvalue weighted by molar-refractivity contribution is 5.82. The van der Waals surface area contributed by atoms with Crippen LogP contribution in [0.2, 0.25) is 0 Å². The molecule has 0 spiro atoms. The van der Waals surface area contributed by atoms with Crippen LogP contribution in [0.1, 0.15) is 44.9 Å². The number of imidazole rings is 1. The van der Waals surface area contributed by atoms with Crippen molar-refractivity contribution in [3.05, 3.63) is 47.9 Å². The summed E-state index contributed by atoms with van der Waals surface area (Å²) >= 11 is 0. The summed E-state index contributed by atoms with van der Waals surface area (Å²) in [4.78, 5) is 15.8. The smallest absolute Gasteiger partial charge is 0.226 e. The molecule has 6 nitrogen and oxygen atoms in total. The molecule has 1 aliphatic rings. The Kier molecular flexibility index (Phi) is 5.97. The van der Waals surface area contributed by atoms with Gasteiger partial charge in [0.2, 0.25) is 5.95 Å². The molecular formula is C24H33FN6. The van der Waals surface area contributed by atoms with Crippen LogP contribution in [0.4, 0.5) is 10.3 Å². The van der Waals surface area contributed by atoms with Crippen molar-refractivity contribution in [3.63, 3.8) is 0 Å². The van der Waals surface area contributed by atoms with Gasteiger partial charge in [-0.3, -0.25) is 0 Å². The van der Waals surface area contributed by atoms with Gasteiger partial charge in [0.25, 0.3) is 0 Å². The molecule has 2 aromatic heterocycles. The second kappa shape index (κ2) is 8.54. The van der Waals surface area contributed by atoms with E-state index in [1.54, 1.807) is 6.92 Å². The van der Waals surface area contributed by atoms with Gasteiger partial charge in [0.1, 0.15) is 5.82 Å². The minimum absolute atomic E-state index is 0.141. The quantitative estimate of drug-likeness (QED) is 0.663. The van der Waals surface area contributed by atoms with E-state index in [4.69, 9.17) is 4.98 Å². The average Bonchev–Trinajstić information content (AvgIpc) is 3.22. The van der Waals surface area contributed by atoms with Crippen LogP contribution in [-0.2, 0) is 6.54 Å². The van der Waals surface area contributed by atoms with Crippen LogP contribution in [-0.4, -0.2) is 44.7 Å². The monoisotopic (exact) mass is 424 g/mol. The van der Waals surface area contributed by atoms with Crippen molar-refractivity contribution in [1.82, 2.24) is 24.8 Å². The van der Waals surface area contributed by atoms with Gasteiger partial charge in [-0.2, -0.15) is 0 Å². The normalized spacial score (nSPS) is 16.8. The first kappa shape index (κ1) is 21.7. The minimum atomic E-state index is -0.217. The fraction of sp³-hybridized carbons (Fsp3) is 0.542. The summed E-state index contributed by atoms with van der Waals surface area (Å²) in [5.74, 6) is 0.489. The molecule has 166 valence electrons. The summed E-state index contributed by atoms with van der Waals surface area (Å²) < 4.78 is 16.2. The van der Waals surface area contributed by atoms with Gasteiger partial charge in [-0.15, -0.1) is 0 Å². The molecule has 0 amide bonds. The van der Waals surface area contributed by atoms with Crippen molar-refractivity contribution in [2.45, 2.75) is 66.1 Å². The van der Waals surface area contributed by atoms with Gasteiger partial charge in [-0.25, -0.2) is 19.3 Å². The molecule has 0 bridgehead atoms. The van der Waals surface area contributed by atoms with Crippen molar-refractivity contribution in [3.8, 4) is 0 Å². The average molecular weight is 425 g/mol. The molecular weight excluding hydrogens is 391 g/mol. The SMILES string of the molecule is Cc1cc2c(C)nc(N3CCC(N[C@H](Cn4ccnc4)C(C)(C)C)CC3)nc2cc1F. The van der Waals surface area contributed by atoms with Gasteiger partial charge < -0.3 is 14.8 Å². The van der Waals surface area contributed by atoms with Crippen LogP contribution in [0.5, 0.6) is 0 Å². The summed E-state index contributed by atoms with van der Waals surface area (Å²) in [7, 11) is 0. The zero-order chi connectivity index (χ0) is 22.2. The number of piperidine rings is 1. The van der Waals surface area contributed by atoms with Crippen molar-refractivity contribution >= 4 is 16.9 Å². The van der Waals surface area contributed by atoms with E-state index < -0.39 is 0 Å². The minimum Gasteiger partial charge on any atom is -0.341 e. The van der Waals surface area contributed by atoms with E-state index in [0.29, 0.717) is 29.1 Å². The number of nitrogens with zero attached hydrogens (tertiary/aromatic N) is 5. The highest BCUT2D eigenvalue weighted by atomic mass is 19.1. The number of nitrogens with one attached hydrogen (secondary N) is 1. The van der Waals surface area contributed by atoms with Gasteiger partial charge in [-0.1, -0.05) is 20.8 Å². The maximum Gasteiger partial charge on any atom is 0.226 e. The van der Waals surface area contributed by atoms with Crippen LogP contribution in [0, 0.1) is 25.1 Å². The standard InChI is InChI=1S/C24H33FN6/c1-16-12-19-17(2)27-23(29-21(19)13-20(16)25)31-9-6-18(7-10-31)28-22(24(3,4)5)14-30-11-8-26-15-30/h8,11-13,15,18,22,28H,6-7,9-10,14H2,1-5H3/t22-/m1/s1. The van der Waals surface area contributed by atoms with E-state index in [0.717, 1.165) is 43.6 Å². The first-order chi connectivity index (χ1) is 14.7. The molecule has 0 unspecified atom stereocenters. The number of anilines is 1. The number of benzene rings is 1. The number of hydrogen-bond donors (Lipinski definition) is 1. The van der Waals surface area contributed by atoms with Gasteiger partial charge in [0.15, 0.2) is 0 Å². The van der Waals surface area contributed by atoms with E-state index in [2.05, 4.69) is 45.5 Å². The molecule has 0 radical (unpaired) electrons. The fourth-order valence-electron chi connectivity index (χ4n) is 4.25. The molecule has 3 aromatic rings. The summed E-state index contributed by atoms with van der Waals surface area (Å²) in [6.07, 6.45) is 7.79. The lowest BCUT2D eigenvalue weighted by molar-refractivity contribution is 0.210. The van der Waals surface area contributed by atoms with Crippen LogP contribution in [0.3, 0.4) is 0 Å². The Hall–Kier alpha value is -2.54. The maximum atomic E-state index is 14.1. The van der Waals surface area contributed by atoms with Crippen molar-refractivity contribution in [2.75, 3.05) is 18.0 Å². The number of halogens is 1. The molecule has 4 rings (SSSR count). The van der Waals surface area contributed by atoms with Gasteiger partial charge in [0.05, 0.1) is 17.5 Å². The molecule has 31 heavy (non-hydrogen) atoms. The van der Waals surface area contributed by atoms with Crippen molar-refractivity contribution < 1.29 is 4.39 Å². The highest BCUT2D eigenvalue weighted by Gasteiger charge is 2.29. The Labute approximate surface area is 183 Å². The van der Waals surface area contributed by atoms with Crippen LogP contribution < -0.4 is 10.2 Å². The van der Waals surface area contributed by atoms with Gasteiger partial charge in [-0.05, 0) is 43.7 Å². The molecule has 1 saturated heterocycles. The molecule has 1 atom stereocenters. The zero-order valence-corrected chi connectivity index (χ0v) is 19.2. The summed E-state index contributed by atoms with van der Waals surface area (Å²) in [5, 5.41) is 4.82. The molecule has 7 heteroatoms. The topological polar surface area (TPSA) is 58.9 Å². The van der Waals surface area contributed by atoms with Crippen LogP contribution in [0.15, 0.2) is 30.9 Å². The van der Waals surface area contributed by atoms with Crippen molar-refractivity contribution in [2.24, 2.45) is 5.41 Å². The summed E-state index contributed by atoms with van der Waals surface area (Å²) in [6, 6.07) is 4.17. The Morgan fingerprint density at radius 2 is 1.90 bits per heavy atom. The van der Waals surface area contributed by atoms with Gasteiger partial charge in [0, 0.05) is 55.6 Å². The van der Waals surface area contributed by atoms with E-state index in [9.17, 15) is 4.39 Å². The lowest BCUT2D eigenvalue weighted by Gasteiger charge is -2.39. The predicted molar refractivity (Wildman–Crippen MR) is 123 cm³/mol. The second-order valence-corrected chi connectivity index (χ2v) is 9.83. The third-order valence-corrected chi connectivity index (χ3v) is 6.37. The number of aryl methyl sites for hydroxylation is 2. The Bertz CT molecular complexity index is 1030. The van der Waals surface area contributed by atoms with E-state index >= 15 is 0 Å². The lowest BCUT2D eigenvalue weighted by atomic mass is 9.85. The highest BCUT2D eigenvalue weighted by Crippen LogP contribution is 2.26. The predicted octanol–water partition coefficient (Wildman–Crippen LogP) is 4.26. The molecule has 3 heterocycles. The molecule has 0 aliphatic carbocycles. The first-order valence-corrected chi connectivity index (χ1v) is 11.1. The Morgan fingerprint density at radius 1 is 1.16 bits per heavy atom. The molecule has 0 saturated carbocycles. The second-order valence-electron chi connectivity index (χ2n) is 9.83. The maximum absolute atomic E-state index is 14.1. The summed E-state index contributed by atoms with van der Waals surface area (Å²) in [6.45, 7) is 13.3. The van der Waals surface area contributed by atoms with Crippen LogP contribution in [0.25, 0.3) is 10.9 Å². The third-order valence-electron chi connectivity index (χ3n) is 6.37. The Balaban J connectivity index is 1.44. The van der Waals surface area contributed by atoms with E-state index in [-0.39, 0.29) is 11.2 Å². The molecule has 1 aromatic carbocycles. The van der Waals surface area contributed by atoms with E-state index in [1.165, 1.54) is 6.07 Å². The number of hydrogen-bond acceptors (Lipinski definition) is 5. The first-order valence-electron chi connectivity index (χ1n) is 11.1. The zero-order valence-electron chi connectivity index (χ0n) is 19.2. The van der Waals surface area contributed by atoms with Gasteiger partial charge >= 0.3 is 0 Å². The summed E-state index contributed by atoms with van der Waals surface area (Å²) in [5.41, 5.74) is 2.35. The van der Waals surface area contributed by atoms with Crippen LogP contribution >= 0.6 is 0 Å². The molecule has 1 N–H and O–H groups in total. The number of fused-ring (bicyclic) bond motifs is 1. The molecule has 1 aliphatic heterocycles. The van der Waals surface area contributed by atoms with E-state index in [1.807, 2.05) is 31.7 Å².